The average Bonchev–Trinajstić information content (AvgIpc) is 1.95. The minimum absolute atomic E-state index is 0.00785. The number of rotatable bonds is 5. The third kappa shape index (κ3) is 9.84. The van der Waals surface area contributed by atoms with Gasteiger partial charge in [-0.05, 0) is 26.7 Å². The monoisotopic (exact) mass is 187 g/mol. The fourth-order valence-electron chi connectivity index (χ4n) is 0.888. The van der Waals surface area contributed by atoms with Crippen LogP contribution in [0.3, 0.4) is 0 Å². The summed E-state index contributed by atoms with van der Waals surface area (Å²) in [6, 6.07) is 0.567. The molecule has 0 amide bonds. The van der Waals surface area contributed by atoms with Crippen LogP contribution in [0.25, 0.3) is 0 Å². The molecule has 0 heterocycles. The van der Waals surface area contributed by atoms with E-state index >= 15 is 0 Å². The van der Waals surface area contributed by atoms with Gasteiger partial charge in [0.05, 0.1) is 12.2 Å². The highest BCUT2D eigenvalue weighted by atomic mass is 16.5. The molecule has 0 aromatic rings. The Morgan fingerprint density at radius 1 is 1.15 bits per heavy atom. The van der Waals surface area contributed by atoms with Gasteiger partial charge in [-0.2, -0.15) is 0 Å². The Balaban J connectivity index is 3.46. The first kappa shape index (κ1) is 12.9. The molecule has 0 spiro atoms. The second kappa shape index (κ2) is 5.61. The predicted molar refractivity (Wildman–Crippen MR) is 58.0 cm³/mol. The first-order chi connectivity index (χ1) is 5.81. The summed E-state index contributed by atoms with van der Waals surface area (Å²) in [5.41, 5.74) is -0.00785. The molecule has 2 nitrogen and oxygen atoms in total. The summed E-state index contributed by atoms with van der Waals surface area (Å²) in [5.74, 6) is 0.585. The van der Waals surface area contributed by atoms with E-state index in [2.05, 4.69) is 46.9 Å². The lowest BCUT2D eigenvalue weighted by Crippen LogP contribution is -2.31. The largest absolute Gasteiger partial charge is 0.376 e. The molecule has 0 aromatic carbocycles. The zero-order chi connectivity index (χ0) is 10.5. The molecule has 0 aliphatic rings. The molecule has 13 heavy (non-hydrogen) atoms. The van der Waals surface area contributed by atoms with Crippen molar-refractivity contribution < 1.29 is 4.74 Å². The van der Waals surface area contributed by atoms with Crippen molar-refractivity contribution in [1.29, 1.82) is 0 Å². The van der Waals surface area contributed by atoms with Crippen LogP contribution in [0.4, 0.5) is 0 Å². The molecule has 0 saturated carbocycles. The molecule has 0 aliphatic carbocycles. The molecule has 0 aromatic heterocycles. The van der Waals surface area contributed by atoms with Crippen LogP contribution >= 0.6 is 0 Å². The molecule has 1 unspecified atom stereocenters. The summed E-state index contributed by atoms with van der Waals surface area (Å²) in [6.07, 6.45) is 0. The van der Waals surface area contributed by atoms with E-state index in [9.17, 15) is 0 Å². The molecule has 0 rings (SSSR count). The van der Waals surface area contributed by atoms with Gasteiger partial charge in [-0.25, -0.2) is 0 Å². The Bertz CT molecular complexity index is 127. The second-order valence-corrected chi connectivity index (χ2v) is 5.09. The van der Waals surface area contributed by atoms with Crippen LogP contribution in [0.1, 0.15) is 41.5 Å². The van der Waals surface area contributed by atoms with Crippen LogP contribution in [-0.2, 0) is 4.74 Å². The molecule has 2 heteroatoms. The normalized spacial score (nSPS) is 15.0. The van der Waals surface area contributed by atoms with E-state index in [1.807, 2.05) is 0 Å². The molecule has 0 bridgehead atoms. The molecular formula is C11H25NO. The highest BCUT2D eigenvalue weighted by Crippen LogP contribution is 2.08. The van der Waals surface area contributed by atoms with Gasteiger partial charge in [0.25, 0.3) is 0 Å². The van der Waals surface area contributed by atoms with Crippen LogP contribution < -0.4 is 5.32 Å². The average molecular weight is 187 g/mol. The summed E-state index contributed by atoms with van der Waals surface area (Å²) in [4.78, 5) is 0. The Kier molecular flexibility index (Phi) is 5.57. The number of hydrogen-bond acceptors (Lipinski definition) is 2. The predicted octanol–water partition coefficient (Wildman–Crippen LogP) is 2.44. The fourth-order valence-corrected chi connectivity index (χ4v) is 0.888. The van der Waals surface area contributed by atoms with Gasteiger partial charge in [-0.1, -0.05) is 20.8 Å². The SMILES string of the molecule is CC(CNC(C)C)COC(C)(C)C. The highest BCUT2D eigenvalue weighted by molar-refractivity contribution is 4.63. The minimum Gasteiger partial charge on any atom is -0.376 e. The molecule has 1 N–H and O–H groups in total. The molecule has 0 aliphatic heterocycles. The van der Waals surface area contributed by atoms with Crippen LogP contribution in [0.15, 0.2) is 0 Å². The van der Waals surface area contributed by atoms with Gasteiger partial charge in [0.1, 0.15) is 0 Å². The maximum absolute atomic E-state index is 5.68. The molecule has 80 valence electrons. The molecule has 0 fully saturated rings. The third-order valence-corrected chi connectivity index (χ3v) is 1.68. The van der Waals surface area contributed by atoms with Crippen molar-refractivity contribution in [3.63, 3.8) is 0 Å². The molecule has 1 atom stereocenters. The van der Waals surface area contributed by atoms with Crippen molar-refractivity contribution >= 4 is 0 Å². The molecule has 0 radical (unpaired) electrons. The van der Waals surface area contributed by atoms with Gasteiger partial charge in [0, 0.05) is 12.6 Å². The Hall–Kier alpha value is -0.0800. The van der Waals surface area contributed by atoms with E-state index in [4.69, 9.17) is 4.74 Å². The van der Waals surface area contributed by atoms with Gasteiger partial charge >= 0.3 is 0 Å². The minimum atomic E-state index is -0.00785. The Morgan fingerprint density at radius 3 is 2.08 bits per heavy atom. The van der Waals surface area contributed by atoms with Crippen LogP contribution in [0.2, 0.25) is 0 Å². The van der Waals surface area contributed by atoms with Crippen LogP contribution in [-0.4, -0.2) is 24.8 Å². The van der Waals surface area contributed by atoms with Crippen molar-refractivity contribution in [1.82, 2.24) is 5.32 Å². The summed E-state index contributed by atoms with van der Waals surface area (Å²) >= 11 is 0. The highest BCUT2D eigenvalue weighted by Gasteiger charge is 2.12. The van der Waals surface area contributed by atoms with E-state index in [-0.39, 0.29) is 5.60 Å². The third-order valence-electron chi connectivity index (χ3n) is 1.68. The summed E-state index contributed by atoms with van der Waals surface area (Å²) in [7, 11) is 0. The summed E-state index contributed by atoms with van der Waals surface area (Å²) < 4.78 is 5.68. The van der Waals surface area contributed by atoms with Crippen molar-refractivity contribution in [2.75, 3.05) is 13.2 Å². The van der Waals surface area contributed by atoms with E-state index in [1.54, 1.807) is 0 Å². The zero-order valence-electron chi connectivity index (χ0n) is 9.98. The van der Waals surface area contributed by atoms with E-state index in [0.29, 0.717) is 12.0 Å². The van der Waals surface area contributed by atoms with Crippen LogP contribution in [0.5, 0.6) is 0 Å². The Labute approximate surface area is 83.1 Å². The molecular weight excluding hydrogens is 162 g/mol. The summed E-state index contributed by atoms with van der Waals surface area (Å²) in [5, 5.41) is 3.40. The van der Waals surface area contributed by atoms with Gasteiger partial charge in [-0.3, -0.25) is 0 Å². The first-order valence-corrected chi connectivity index (χ1v) is 5.18. The Morgan fingerprint density at radius 2 is 1.69 bits per heavy atom. The lowest BCUT2D eigenvalue weighted by atomic mass is 10.1. The first-order valence-electron chi connectivity index (χ1n) is 5.18. The maximum atomic E-state index is 5.68. The second-order valence-electron chi connectivity index (χ2n) is 5.09. The standard InChI is InChI=1S/C11H25NO/c1-9(2)12-7-10(3)8-13-11(4,5)6/h9-10,12H,7-8H2,1-6H3. The van der Waals surface area contributed by atoms with Crippen molar-refractivity contribution in [2.45, 2.75) is 53.2 Å². The lowest BCUT2D eigenvalue weighted by molar-refractivity contribution is -0.0193. The van der Waals surface area contributed by atoms with Crippen molar-refractivity contribution in [3.8, 4) is 0 Å². The van der Waals surface area contributed by atoms with Crippen LogP contribution in [0, 0.1) is 5.92 Å². The van der Waals surface area contributed by atoms with E-state index in [1.165, 1.54) is 0 Å². The number of hydrogen-bond donors (Lipinski definition) is 1. The quantitative estimate of drug-likeness (QED) is 0.714. The molecule has 0 saturated heterocycles. The fraction of sp³-hybridized carbons (Fsp3) is 1.00. The van der Waals surface area contributed by atoms with Gasteiger partial charge in [0.2, 0.25) is 0 Å². The maximum Gasteiger partial charge on any atom is 0.0598 e. The van der Waals surface area contributed by atoms with Gasteiger partial charge < -0.3 is 10.1 Å². The van der Waals surface area contributed by atoms with Gasteiger partial charge in [-0.15, -0.1) is 0 Å². The topological polar surface area (TPSA) is 21.3 Å². The lowest BCUT2D eigenvalue weighted by Gasteiger charge is -2.23. The summed E-state index contributed by atoms with van der Waals surface area (Å²) in [6.45, 7) is 14.7. The number of nitrogens with one attached hydrogen (secondary N) is 1. The van der Waals surface area contributed by atoms with Gasteiger partial charge in [0.15, 0.2) is 0 Å². The van der Waals surface area contributed by atoms with E-state index in [0.717, 1.165) is 13.2 Å². The zero-order valence-corrected chi connectivity index (χ0v) is 9.98. The van der Waals surface area contributed by atoms with Crippen molar-refractivity contribution in [3.05, 3.63) is 0 Å². The van der Waals surface area contributed by atoms with E-state index < -0.39 is 0 Å². The smallest absolute Gasteiger partial charge is 0.0598 e. The van der Waals surface area contributed by atoms with Crippen molar-refractivity contribution in [2.24, 2.45) is 5.92 Å². The number of ether oxygens (including phenoxy) is 1.